The highest BCUT2D eigenvalue weighted by Gasteiger charge is 2.70. The van der Waals surface area contributed by atoms with Crippen LogP contribution in [0.15, 0.2) is 30.3 Å². The van der Waals surface area contributed by atoms with Crippen LogP contribution >= 0.6 is 0 Å². The van der Waals surface area contributed by atoms with E-state index in [0.29, 0.717) is 12.3 Å². The largest absolute Gasteiger partial charge is 0.365 e. The summed E-state index contributed by atoms with van der Waals surface area (Å²) in [6, 6.07) is 10.1. The Morgan fingerprint density at radius 1 is 1.27 bits per heavy atom. The van der Waals surface area contributed by atoms with E-state index in [0.717, 1.165) is 0 Å². The molecule has 82 valence electrons. The third-order valence-corrected chi connectivity index (χ3v) is 3.70. The summed E-state index contributed by atoms with van der Waals surface area (Å²) in [5.41, 5.74) is 0.951. The monoisotopic (exact) mass is 206 g/mol. The van der Waals surface area contributed by atoms with E-state index in [1.54, 1.807) is 7.11 Å². The van der Waals surface area contributed by atoms with Gasteiger partial charge in [-0.1, -0.05) is 44.2 Å². The first-order chi connectivity index (χ1) is 7.07. The Morgan fingerprint density at radius 3 is 2.27 bits per heavy atom. The molecule has 0 radical (unpaired) electrons. The fourth-order valence-electron chi connectivity index (χ4n) is 2.64. The Hall–Kier alpha value is -0.860. The third-order valence-electron chi connectivity index (χ3n) is 3.70. The van der Waals surface area contributed by atoms with Gasteiger partial charge in [-0.25, -0.2) is 0 Å². The van der Waals surface area contributed by atoms with Gasteiger partial charge in [0.25, 0.3) is 0 Å². The lowest BCUT2D eigenvalue weighted by Gasteiger charge is -2.25. The molecule has 1 aliphatic carbocycles. The minimum atomic E-state index is -0.970. The molecule has 0 saturated heterocycles. The van der Waals surface area contributed by atoms with Crippen LogP contribution in [0.4, 0.5) is 0 Å². The summed E-state index contributed by atoms with van der Waals surface area (Å²) in [5, 5.41) is 10.2. The minimum Gasteiger partial charge on any atom is -0.365 e. The lowest BCUT2D eigenvalue weighted by molar-refractivity contribution is -0.124. The van der Waals surface area contributed by atoms with Gasteiger partial charge in [0.1, 0.15) is 0 Å². The van der Waals surface area contributed by atoms with Crippen LogP contribution in [0, 0.1) is 5.92 Å². The quantitative estimate of drug-likeness (QED) is 0.769. The van der Waals surface area contributed by atoms with Crippen molar-refractivity contribution in [1.29, 1.82) is 0 Å². The van der Waals surface area contributed by atoms with Gasteiger partial charge in [-0.05, 0) is 11.5 Å². The molecule has 0 spiro atoms. The molecular formula is C13H18O2. The summed E-state index contributed by atoms with van der Waals surface area (Å²) in [6.45, 7) is 4.26. The van der Waals surface area contributed by atoms with Gasteiger partial charge < -0.3 is 9.84 Å². The highest BCUT2D eigenvalue weighted by molar-refractivity contribution is 5.38. The molecular weight excluding hydrogens is 188 g/mol. The maximum atomic E-state index is 10.2. The van der Waals surface area contributed by atoms with Crippen LogP contribution in [0.3, 0.4) is 0 Å². The highest BCUT2D eigenvalue weighted by Crippen LogP contribution is 2.62. The van der Waals surface area contributed by atoms with Gasteiger partial charge in [0, 0.05) is 13.5 Å². The van der Waals surface area contributed by atoms with Gasteiger partial charge in [0.05, 0.1) is 5.41 Å². The van der Waals surface area contributed by atoms with Crippen molar-refractivity contribution in [2.75, 3.05) is 7.11 Å². The number of hydrogen-bond donors (Lipinski definition) is 1. The smallest absolute Gasteiger partial charge is 0.176 e. The summed E-state index contributed by atoms with van der Waals surface area (Å²) in [6.07, 6.45) is 0.693. The van der Waals surface area contributed by atoms with Crippen LogP contribution in [-0.2, 0) is 10.2 Å². The first-order valence-corrected chi connectivity index (χ1v) is 5.40. The summed E-state index contributed by atoms with van der Waals surface area (Å²) < 4.78 is 5.24. The zero-order chi connectivity index (χ0) is 11.1. The second-order valence-electron chi connectivity index (χ2n) is 4.66. The van der Waals surface area contributed by atoms with Gasteiger partial charge in [0.15, 0.2) is 5.79 Å². The normalized spacial score (nSPS) is 34.5. The zero-order valence-corrected chi connectivity index (χ0v) is 9.53. The van der Waals surface area contributed by atoms with E-state index in [2.05, 4.69) is 26.0 Å². The summed E-state index contributed by atoms with van der Waals surface area (Å²) >= 11 is 0. The van der Waals surface area contributed by atoms with Gasteiger partial charge in [-0.3, -0.25) is 0 Å². The Labute approximate surface area is 90.9 Å². The number of methoxy groups -OCH3 is 1. The van der Waals surface area contributed by atoms with E-state index in [9.17, 15) is 5.11 Å². The van der Waals surface area contributed by atoms with Crippen molar-refractivity contribution >= 4 is 0 Å². The predicted molar refractivity (Wildman–Crippen MR) is 59.5 cm³/mol. The molecule has 2 heteroatoms. The molecule has 1 aromatic rings. The van der Waals surface area contributed by atoms with Gasteiger partial charge in [-0.2, -0.15) is 0 Å². The van der Waals surface area contributed by atoms with Crippen molar-refractivity contribution < 1.29 is 9.84 Å². The van der Waals surface area contributed by atoms with Crippen LogP contribution in [0.1, 0.15) is 25.8 Å². The van der Waals surface area contributed by atoms with Crippen LogP contribution in [-0.4, -0.2) is 18.0 Å². The second kappa shape index (κ2) is 3.32. The maximum Gasteiger partial charge on any atom is 0.176 e. The molecule has 1 saturated carbocycles. The van der Waals surface area contributed by atoms with E-state index in [1.807, 2.05) is 18.2 Å². The Morgan fingerprint density at radius 2 is 1.87 bits per heavy atom. The van der Waals surface area contributed by atoms with Crippen molar-refractivity contribution in [3.05, 3.63) is 35.9 Å². The molecule has 2 nitrogen and oxygen atoms in total. The molecule has 2 rings (SSSR count). The molecule has 0 unspecified atom stereocenters. The molecule has 15 heavy (non-hydrogen) atoms. The highest BCUT2D eigenvalue weighted by atomic mass is 16.6. The van der Waals surface area contributed by atoms with E-state index in [1.165, 1.54) is 5.56 Å². The van der Waals surface area contributed by atoms with E-state index < -0.39 is 5.79 Å². The first kappa shape index (κ1) is 10.7. The SMILES string of the molecule is CO[C@]1(O)C[C@]1(c1ccccc1)C(C)C. The van der Waals surface area contributed by atoms with Crippen molar-refractivity contribution in [3.63, 3.8) is 0 Å². The summed E-state index contributed by atoms with van der Waals surface area (Å²) in [5.74, 6) is -0.604. The molecule has 0 amide bonds. The Kier molecular flexibility index (Phi) is 2.36. The Balaban J connectivity index is 2.40. The molecule has 0 bridgehead atoms. The molecule has 1 aliphatic rings. The average molecular weight is 206 g/mol. The van der Waals surface area contributed by atoms with Crippen LogP contribution in [0.5, 0.6) is 0 Å². The number of ether oxygens (including phenoxy) is 1. The van der Waals surface area contributed by atoms with E-state index in [4.69, 9.17) is 4.74 Å². The third kappa shape index (κ3) is 1.32. The van der Waals surface area contributed by atoms with Crippen molar-refractivity contribution in [3.8, 4) is 0 Å². The van der Waals surface area contributed by atoms with E-state index in [-0.39, 0.29) is 5.41 Å². The van der Waals surface area contributed by atoms with Crippen LogP contribution < -0.4 is 0 Å². The van der Waals surface area contributed by atoms with Crippen molar-refractivity contribution in [1.82, 2.24) is 0 Å². The van der Waals surface area contributed by atoms with E-state index >= 15 is 0 Å². The molecule has 0 aliphatic heterocycles. The van der Waals surface area contributed by atoms with Crippen LogP contribution in [0.2, 0.25) is 0 Å². The first-order valence-electron chi connectivity index (χ1n) is 5.40. The standard InChI is InChI=1S/C13H18O2/c1-10(2)12(9-13(12,14)15-3)11-7-5-4-6-8-11/h4-8,10,14H,9H2,1-3H3/t12-,13-/m1/s1. The average Bonchev–Trinajstić information content (AvgIpc) is 2.89. The number of aliphatic hydroxyl groups is 1. The fourth-order valence-corrected chi connectivity index (χ4v) is 2.64. The Bertz CT molecular complexity index is 347. The van der Waals surface area contributed by atoms with Crippen molar-refractivity contribution in [2.45, 2.75) is 31.5 Å². The van der Waals surface area contributed by atoms with Gasteiger partial charge in [-0.15, -0.1) is 0 Å². The van der Waals surface area contributed by atoms with Gasteiger partial charge in [0.2, 0.25) is 0 Å². The molecule has 1 fully saturated rings. The predicted octanol–water partition coefficient (Wildman–Crippen LogP) is 2.32. The lowest BCUT2D eigenvalue weighted by atomic mass is 9.84. The number of rotatable bonds is 3. The molecule has 1 aromatic carbocycles. The van der Waals surface area contributed by atoms with Crippen molar-refractivity contribution in [2.24, 2.45) is 5.92 Å². The second-order valence-corrected chi connectivity index (χ2v) is 4.66. The topological polar surface area (TPSA) is 29.5 Å². The molecule has 0 heterocycles. The zero-order valence-electron chi connectivity index (χ0n) is 9.53. The fraction of sp³-hybridized carbons (Fsp3) is 0.538. The maximum absolute atomic E-state index is 10.2. The van der Waals surface area contributed by atoms with Crippen LogP contribution in [0.25, 0.3) is 0 Å². The number of benzene rings is 1. The molecule has 0 aromatic heterocycles. The van der Waals surface area contributed by atoms with Gasteiger partial charge >= 0.3 is 0 Å². The minimum absolute atomic E-state index is 0.219. The number of hydrogen-bond acceptors (Lipinski definition) is 2. The molecule has 1 N–H and O–H groups in total. The summed E-state index contributed by atoms with van der Waals surface area (Å²) in [7, 11) is 1.58. The molecule has 2 atom stereocenters. The summed E-state index contributed by atoms with van der Waals surface area (Å²) in [4.78, 5) is 0. The lowest BCUT2D eigenvalue weighted by Crippen LogP contribution is -2.30.